The summed E-state index contributed by atoms with van der Waals surface area (Å²) in [5, 5.41) is 4.51. The Balaban J connectivity index is 2.65. The summed E-state index contributed by atoms with van der Waals surface area (Å²) in [5.41, 5.74) is 2.37. The first kappa shape index (κ1) is 11.9. The fourth-order valence-electron chi connectivity index (χ4n) is 1.50. The molecule has 2 aromatic heterocycles. The lowest BCUT2D eigenvalue weighted by Gasteiger charge is -2.05. The minimum Gasteiger partial charge on any atom is -0.462 e. The third-order valence-electron chi connectivity index (χ3n) is 2.55. The number of carbonyl (C=O) groups is 1. The normalized spacial score (nSPS) is 10.8. The number of esters is 1. The van der Waals surface area contributed by atoms with Gasteiger partial charge in [0.1, 0.15) is 10.7 Å². The Morgan fingerprint density at radius 2 is 2.24 bits per heavy atom. The molecule has 0 aromatic carbocycles. The summed E-state index contributed by atoms with van der Waals surface area (Å²) >= 11 is 6.13. The van der Waals surface area contributed by atoms with Crippen LogP contribution in [0.25, 0.3) is 5.65 Å². The highest BCUT2D eigenvalue weighted by Gasteiger charge is 2.18. The molecule has 2 aromatic rings. The summed E-state index contributed by atoms with van der Waals surface area (Å²) in [7, 11) is 0. The van der Waals surface area contributed by atoms with Crippen molar-refractivity contribution >= 4 is 23.2 Å². The van der Waals surface area contributed by atoms with Crippen LogP contribution in [0.15, 0.2) is 6.20 Å². The van der Waals surface area contributed by atoms with Crippen molar-refractivity contribution in [2.75, 3.05) is 6.61 Å². The van der Waals surface area contributed by atoms with Gasteiger partial charge < -0.3 is 4.74 Å². The lowest BCUT2D eigenvalue weighted by molar-refractivity contribution is 0.0528. The summed E-state index contributed by atoms with van der Waals surface area (Å²) < 4.78 is 6.37. The van der Waals surface area contributed by atoms with E-state index in [2.05, 4.69) is 10.1 Å². The molecule has 0 aliphatic heterocycles. The summed E-state index contributed by atoms with van der Waals surface area (Å²) in [4.78, 5) is 16.0. The molecule has 0 saturated carbocycles. The zero-order valence-electron chi connectivity index (χ0n) is 9.82. The number of fused-ring (bicyclic) bond motifs is 1. The minimum absolute atomic E-state index is 0.314. The molecule has 2 heterocycles. The Bertz CT molecular complexity index is 592. The summed E-state index contributed by atoms with van der Waals surface area (Å²) in [5.74, 6) is -0.436. The molecule has 90 valence electrons. The smallest absolute Gasteiger partial charge is 0.343 e. The minimum atomic E-state index is -0.436. The Hall–Kier alpha value is -1.62. The van der Waals surface area contributed by atoms with Crippen LogP contribution in [0.2, 0.25) is 5.15 Å². The number of aryl methyl sites for hydroxylation is 1. The van der Waals surface area contributed by atoms with Crippen LogP contribution in [-0.4, -0.2) is 27.2 Å². The fraction of sp³-hybridized carbons (Fsp3) is 0.364. The van der Waals surface area contributed by atoms with Crippen molar-refractivity contribution in [3.63, 3.8) is 0 Å². The lowest BCUT2D eigenvalue weighted by atomic mass is 10.2. The molecule has 0 spiro atoms. The van der Waals surface area contributed by atoms with Crippen LogP contribution in [0.1, 0.15) is 28.5 Å². The molecule has 0 N–H and O–H groups in total. The Morgan fingerprint density at radius 1 is 1.53 bits per heavy atom. The van der Waals surface area contributed by atoms with Crippen LogP contribution < -0.4 is 0 Å². The van der Waals surface area contributed by atoms with E-state index >= 15 is 0 Å². The molecule has 0 bridgehead atoms. The molecule has 0 amide bonds. The average molecular weight is 254 g/mol. The van der Waals surface area contributed by atoms with Gasteiger partial charge >= 0.3 is 5.97 Å². The zero-order valence-corrected chi connectivity index (χ0v) is 10.6. The summed E-state index contributed by atoms with van der Waals surface area (Å²) in [6.07, 6.45) is 1.42. The number of aromatic nitrogens is 3. The van der Waals surface area contributed by atoms with E-state index in [4.69, 9.17) is 16.3 Å². The second-order valence-corrected chi connectivity index (χ2v) is 3.99. The van der Waals surface area contributed by atoms with Crippen molar-refractivity contribution in [2.45, 2.75) is 20.8 Å². The first-order valence-corrected chi connectivity index (χ1v) is 5.61. The van der Waals surface area contributed by atoms with Gasteiger partial charge in [-0.15, -0.1) is 0 Å². The number of halogens is 1. The molecule has 0 saturated heterocycles. The average Bonchev–Trinajstić information content (AvgIpc) is 2.70. The van der Waals surface area contributed by atoms with E-state index in [9.17, 15) is 4.79 Å². The third-order valence-corrected chi connectivity index (χ3v) is 2.99. The first-order valence-electron chi connectivity index (χ1n) is 5.23. The molecule has 0 atom stereocenters. The fourth-order valence-corrected chi connectivity index (χ4v) is 1.76. The Labute approximate surface area is 103 Å². The highest BCUT2D eigenvalue weighted by atomic mass is 35.5. The first-order chi connectivity index (χ1) is 8.06. The Morgan fingerprint density at radius 3 is 2.88 bits per heavy atom. The van der Waals surface area contributed by atoms with Gasteiger partial charge in [-0.2, -0.15) is 5.10 Å². The maximum Gasteiger partial charge on any atom is 0.343 e. The van der Waals surface area contributed by atoms with Crippen molar-refractivity contribution in [3.8, 4) is 0 Å². The molecule has 5 nitrogen and oxygen atoms in total. The van der Waals surface area contributed by atoms with Crippen LogP contribution in [0.5, 0.6) is 0 Å². The SMILES string of the molecule is CCOC(=O)c1cnn2c(Cl)c(C)c(C)nc12. The molecule has 0 fully saturated rings. The van der Waals surface area contributed by atoms with E-state index in [-0.39, 0.29) is 0 Å². The number of hydrogen-bond donors (Lipinski definition) is 0. The van der Waals surface area contributed by atoms with Gasteiger partial charge in [0.25, 0.3) is 0 Å². The van der Waals surface area contributed by atoms with E-state index in [1.807, 2.05) is 13.8 Å². The van der Waals surface area contributed by atoms with Gasteiger partial charge in [-0.3, -0.25) is 0 Å². The maximum absolute atomic E-state index is 11.7. The molecular weight excluding hydrogens is 242 g/mol. The van der Waals surface area contributed by atoms with Gasteiger partial charge in [0.2, 0.25) is 0 Å². The number of hydrogen-bond acceptors (Lipinski definition) is 4. The van der Waals surface area contributed by atoms with Crippen LogP contribution in [0.3, 0.4) is 0 Å². The number of ether oxygens (including phenoxy) is 1. The van der Waals surface area contributed by atoms with Gasteiger partial charge in [-0.25, -0.2) is 14.3 Å². The van der Waals surface area contributed by atoms with Crippen LogP contribution in [0, 0.1) is 13.8 Å². The van der Waals surface area contributed by atoms with Gasteiger partial charge in [0.15, 0.2) is 5.65 Å². The highest BCUT2D eigenvalue weighted by molar-refractivity contribution is 6.30. The van der Waals surface area contributed by atoms with Crippen molar-refractivity contribution < 1.29 is 9.53 Å². The highest BCUT2D eigenvalue weighted by Crippen LogP contribution is 2.21. The molecule has 0 aliphatic carbocycles. The summed E-state index contributed by atoms with van der Waals surface area (Å²) in [6.45, 7) is 5.76. The van der Waals surface area contributed by atoms with Crippen molar-refractivity contribution in [1.29, 1.82) is 0 Å². The second-order valence-electron chi connectivity index (χ2n) is 3.63. The monoisotopic (exact) mass is 253 g/mol. The Kier molecular flexibility index (Phi) is 3.02. The van der Waals surface area contributed by atoms with Gasteiger partial charge in [-0.05, 0) is 20.8 Å². The molecule has 0 radical (unpaired) electrons. The second kappa shape index (κ2) is 4.33. The van der Waals surface area contributed by atoms with E-state index < -0.39 is 5.97 Å². The predicted molar refractivity (Wildman–Crippen MR) is 63.4 cm³/mol. The third kappa shape index (κ3) is 1.86. The lowest BCUT2D eigenvalue weighted by Crippen LogP contribution is -2.06. The number of carbonyl (C=O) groups excluding carboxylic acids is 1. The van der Waals surface area contributed by atoms with Gasteiger partial charge in [-0.1, -0.05) is 11.6 Å². The van der Waals surface area contributed by atoms with Crippen molar-refractivity contribution in [3.05, 3.63) is 28.2 Å². The van der Waals surface area contributed by atoms with E-state index in [0.717, 1.165) is 11.3 Å². The molecule has 2 rings (SSSR count). The summed E-state index contributed by atoms with van der Waals surface area (Å²) in [6, 6.07) is 0. The van der Waals surface area contributed by atoms with Crippen LogP contribution in [-0.2, 0) is 4.74 Å². The van der Waals surface area contributed by atoms with E-state index in [1.54, 1.807) is 6.92 Å². The van der Waals surface area contributed by atoms with Crippen molar-refractivity contribution in [1.82, 2.24) is 14.6 Å². The molecular formula is C11H12ClN3O2. The quantitative estimate of drug-likeness (QED) is 0.608. The van der Waals surface area contributed by atoms with Gasteiger partial charge in [0.05, 0.1) is 12.8 Å². The molecule has 0 unspecified atom stereocenters. The standard InChI is InChI=1S/C11H12ClN3O2/c1-4-17-11(16)8-5-13-15-9(12)6(2)7(3)14-10(8)15/h5H,4H2,1-3H3. The van der Waals surface area contributed by atoms with Crippen molar-refractivity contribution in [2.24, 2.45) is 0 Å². The zero-order chi connectivity index (χ0) is 12.6. The van der Waals surface area contributed by atoms with Crippen LogP contribution >= 0.6 is 11.6 Å². The molecule has 17 heavy (non-hydrogen) atoms. The number of rotatable bonds is 2. The van der Waals surface area contributed by atoms with Crippen LogP contribution in [0.4, 0.5) is 0 Å². The molecule has 6 heteroatoms. The topological polar surface area (TPSA) is 56.5 Å². The predicted octanol–water partition coefficient (Wildman–Crippen LogP) is 2.18. The maximum atomic E-state index is 11.7. The van der Waals surface area contributed by atoms with E-state index in [0.29, 0.717) is 23.0 Å². The van der Waals surface area contributed by atoms with Gasteiger partial charge in [0, 0.05) is 11.3 Å². The number of nitrogens with zero attached hydrogens (tertiary/aromatic N) is 3. The van der Waals surface area contributed by atoms with E-state index in [1.165, 1.54) is 10.7 Å². The largest absolute Gasteiger partial charge is 0.462 e. The molecule has 0 aliphatic rings.